The van der Waals surface area contributed by atoms with E-state index in [1.807, 2.05) is 6.92 Å². The fourth-order valence-corrected chi connectivity index (χ4v) is 2.75. The summed E-state index contributed by atoms with van der Waals surface area (Å²) in [5.41, 5.74) is 0.731. The molecule has 0 aromatic heterocycles. The zero-order valence-corrected chi connectivity index (χ0v) is 22.2. The molecular weight excluding hydrogens is 486 g/mol. The van der Waals surface area contributed by atoms with Crippen LogP contribution >= 0.6 is 0 Å². The molecule has 0 fully saturated rings. The van der Waals surface area contributed by atoms with E-state index in [1.54, 1.807) is 24.3 Å². The van der Waals surface area contributed by atoms with Gasteiger partial charge in [-0.3, -0.25) is 9.59 Å². The zero-order chi connectivity index (χ0) is 26.8. The summed E-state index contributed by atoms with van der Waals surface area (Å²) in [4.78, 5) is 22.2. The smallest absolute Gasteiger partial charge is 0.305 e. The quantitative estimate of drug-likeness (QED) is 0.149. The summed E-state index contributed by atoms with van der Waals surface area (Å²) in [6.07, 6.45) is 1.23. The minimum Gasteiger partial charge on any atom is -0.491 e. The average molecular weight is 530 g/mol. The molecule has 0 bridgehead atoms. The highest BCUT2D eigenvalue weighted by molar-refractivity contribution is 5.88. The monoisotopic (exact) mass is 529 g/mol. The Morgan fingerprint density at radius 2 is 1.03 bits per heavy atom. The Morgan fingerprint density at radius 3 is 1.43 bits per heavy atom. The molecule has 0 saturated heterocycles. The van der Waals surface area contributed by atoms with Crippen molar-refractivity contribution < 1.29 is 47.5 Å². The minimum atomic E-state index is -0.190. The maximum Gasteiger partial charge on any atom is 0.305 e. The molecule has 11 heteroatoms. The van der Waals surface area contributed by atoms with Gasteiger partial charge in [0.1, 0.15) is 19.0 Å². The molecule has 212 valence electrons. The SMILES string of the molecule is CCCC(=O)OCCOCCOCCOCCOCCOCCOCCOc1ccc(NC(C)=O)cc1. The molecule has 1 N–H and O–H groups in total. The third-order valence-corrected chi connectivity index (χ3v) is 4.48. The number of amides is 1. The molecule has 37 heavy (non-hydrogen) atoms. The lowest BCUT2D eigenvalue weighted by atomic mass is 10.3. The lowest BCUT2D eigenvalue weighted by Crippen LogP contribution is -2.15. The van der Waals surface area contributed by atoms with Gasteiger partial charge in [0.15, 0.2) is 0 Å². The molecule has 0 saturated carbocycles. The molecule has 0 aliphatic heterocycles. The molecule has 11 nitrogen and oxygen atoms in total. The Balaban J connectivity index is 1.73. The van der Waals surface area contributed by atoms with Gasteiger partial charge in [0.2, 0.25) is 5.91 Å². The number of rotatable bonds is 25. The number of carbonyl (C=O) groups excluding carboxylic acids is 2. The van der Waals surface area contributed by atoms with E-state index in [4.69, 9.17) is 37.9 Å². The Bertz CT molecular complexity index is 686. The Hall–Kier alpha value is -2.28. The molecule has 0 aliphatic rings. The number of carbonyl (C=O) groups is 2. The number of esters is 1. The van der Waals surface area contributed by atoms with Crippen molar-refractivity contribution in [3.63, 3.8) is 0 Å². The van der Waals surface area contributed by atoms with Crippen LogP contribution in [0.15, 0.2) is 24.3 Å². The van der Waals surface area contributed by atoms with Crippen molar-refractivity contribution in [3.05, 3.63) is 24.3 Å². The van der Waals surface area contributed by atoms with Gasteiger partial charge >= 0.3 is 5.97 Å². The largest absolute Gasteiger partial charge is 0.491 e. The summed E-state index contributed by atoms with van der Waals surface area (Å²) in [7, 11) is 0. The second kappa shape index (κ2) is 24.1. The summed E-state index contributed by atoms with van der Waals surface area (Å²) in [6, 6.07) is 7.16. The first-order chi connectivity index (χ1) is 18.1. The number of ether oxygens (including phenoxy) is 8. The van der Waals surface area contributed by atoms with Gasteiger partial charge < -0.3 is 43.2 Å². The summed E-state index contributed by atoms with van der Waals surface area (Å²) < 4.78 is 43.1. The Kier molecular flexibility index (Phi) is 21.3. The Morgan fingerprint density at radius 1 is 0.622 bits per heavy atom. The first-order valence-corrected chi connectivity index (χ1v) is 12.7. The van der Waals surface area contributed by atoms with Crippen LogP contribution in [-0.4, -0.2) is 104 Å². The minimum absolute atomic E-state index is 0.109. The predicted octanol–water partition coefficient (Wildman–Crippen LogP) is 2.47. The number of nitrogens with one attached hydrogen (secondary N) is 1. The van der Waals surface area contributed by atoms with Crippen LogP contribution in [0.1, 0.15) is 26.7 Å². The van der Waals surface area contributed by atoms with Gasteiger partial charge in [0, 0.05) is 19.0 Å². The molecule has 0 atom stereocenters. The van der Waals surface area contributed by atoms with Crippen molar-refractivity contribution in [2.75, 3.05) is 97.8 Å². The molecule has 1 amide bonds. The lowest BCUT2D eigenvalue weighted by molar-refractivity contribution is -0.145. The average Bonchev–Trinajstić information content (AvgIpc) is 2.88. The van der Waals surface area contributed by atoms with E-state index in [-0.39, 0.29) is 18.5 Å². The first kappa shape index (κ1) is 32.7. The predicted molar refractivity (Wildman–Crippen MR) is 137 cm³/mol. The van der Waals surface area contributed by atoms with E-state index in [2.05, 4.69) is 5.32 Å². The third-order valence-electron chi connectivity index (χ3n) is 4.48. The molecule has 0 aliphatic carbocycles. The van der Waals surface area contributed by atoms with Crippen molar-refractivity contribution in [1.82, 2.24) is 0 Å². The Labute approximate surface area is 220 Å². The third kappa shape index (κ3) is 21.5. The van der Waals surface area contributed by atoms with Crippen LogP contribution < -0.4 is 10.1 Å². The highest BCUT2D eigenvalue weighted by atomic mass is 16.6. The number of benzene rings is 1. The van der Waals surface area contributed by atoms with E-state index in [9.17, 15) is 9.59 Å². The van der Waals surface area contributed by atoms with Crippen molar-refractivity contribution in [2.45, 2.75) is 26.7 Å². The topological polar surface area (TPSA) is 120 Å². The van der Waals surface area contributed by atoms with Crippen LogP contribution in [0, 0.1) is 0 Å². The zero-order valence-electron chi connectivity index (χ0n) is 22.2. The maximum atomic E-state index is 11.2. The van der Waals surface area contributed by atoms with Crippen LogP contribution in [0.3, 0.4) is 0 Å². The van der Waals surface area contributed by atoms with Crippen molar-refractivity contribution >= 4 is 17.6 Å². The summed E-state index contributed by atoms with van der Waals surface area (Å²) in [5, 5.41) is 2.70. The number of hydrogen-bond acceptors (Lipinski definition) is 10. The molecule has 1 aromatic rings. The second-order valence-corrected chi connectivity index (χ2v) is 7.70. The van der Waals surface area contributed by atoms with Gasteiger partial charge in [-0.05, 0) is 30.7 Å². The van der Waals surface area contributed by atoms with Crippen molar-refractivity contribution in [3.8, 4) is 5.75 Å². The lowest BCUT2D eigenvalue weighted by Gasteiger charge is -2.09. The standard InChI is InChI=1S/C26H43NO10/c1-3-4-26(29)37-22-20-35-18-16-33-14-12-31-10-9-30-11-13-32-15-17-34-19-21-36-25-7-5-24(6-8-25)27-23(2)28/h5-8H,3-4,9-22H2,1-2H3,(H,27,28). The van der Waals surface area contributed by atoms with Gasteiger partial charge in [-0.25, -0.2) is 0 Å². The molecule has 0 unspecified atom stereocenters. The van der Waals surface area contributed by atoms with E-state index in [1.165, 1.54) is 6.92 Å². The first-order valence-electron chi connectivity index (χ1n) is 12.7. The van der Waals surface area contributed by atoms with Crippen molar-refractivity contribution in [2.24, 2.45) is 0 Å². The van der Waals surface area contributed by atoms with Gasteiger partial charge in [-0.1, -0.05) is 6.92 Å². The van der Waals surface area contributed by atoms with Gasteiger partial charge in [0.25, 0.3) is 0 Å². The van der Waals surface area contributed by atoms with Crippen LogP contribution in [0.25, 0.3) is 0 Å². The maximum absolute atomic E-state index is 11.2. The fourth-order valence-electron chi connectivity index (χ4n) is 2.75. The molecule has 1 rings (SSSR count). The van der Waals surface area contributed by atoms with Crippen LogP contribution in [-0.2, 0) is 42.7 Å². The molecule has 1 aromatic carbocycles. The second-order valence-electron chi connectivity index (χ2n) is 7.70. The molecule has 0 radical (unpaired) electrons. The van der Waals surface area contributed by atoms with Gasteiger partial charge in [-0.15, -0.1) is 0 Å². The van der Waals surface area contributed by atoms with Crippen LogP contribution in [0.4, 0.5) is 5.69 Å². The number of hydrogen-bond donors (Lipinski definition) is 1. The van der Waals surface area contributed by atoms with E-state index in [0.29, 0.717) is 98.1 Å². The highest BCUT2D eigenvalue weighted by Crippen LogP contribution is 2.15. The number of anilines is 1. The van der Waals surface area contributed by atoms with E-state index in [0.717, 1.165) is 12.1 Å². The van der Waals surface area contributed by atoms with Gasteiger partial charge in [-0.2, -0.15) is 0 Å². The normalized spacial score (nSPS) is 10.9. The molecule has 0 heterocycles. The van der Waals surface area contributed by atoms with Gasteiger partial charge in [0.05, 0.1) is 79.3 Å². The fraction of sp³-hybridized carbons (Fsp3) is 0.692. The molecule has 0 spiro atoms. The summed E-state index contributed by atoms with van der Waals surface area (Å²) in [5.74, 6) is 0.416. The molecular formula is C26H43NO10. The van der Waals surface area contributed by atoms with Crippen LogP contribution in [0.5, 0.6) is 5.75 Å². The van der Waals surface area contributed by atoms with E-state index < -0.39 is 0 Å². The van der Waals surface area contributed by atoms with Crippen molar-refractivity contribution in [1.29, 1.82) is 0 Å². The highest BCUT2D eigenvalue weighted by Gasteiger charge is 2.00. The van der Waals surface area contributed by atoms with Crippen LogP contribution in [0.2, 0.25) is 0 Å². The summed E-state index contributed by atoms with van der Waals surface area (Å²) in [6.45, 7) is 9.72. The van der Waals surface area contributed by atoms with E-state index >= 15 is 0 Å². The summed E-state index contributed by atoms with van der Waals surface area (Å²) >= 11 is 0.